The number of nitrogen functional groups attached to an aromatic ring is 1. The van der Waals surface area contributed by atoms with E-state index in [4.69, 9.17) is 15.2 Å². The fourth-order valence-electron chi connectivity index (χ4n) is 1.36. The molecule has 0 heterocycles. The molecule has 0 radical (unpaired) electrons. The van der Waals surface area contributed by atoms with Crippen molar-refractivity contribution < 1.29 is 19.4 Å². The number of benzene rings is 1. The Hall–Kier alpha value is -1.75. The van der Waals surface area contributed by atoms with Gasteiger partial charge in [-0.05, 0) is 32.0 Å². The summed E-state index contributed by atoms with van der Waals surface area (Å²) in [5.74, 6) is -0.0964. The molecule has 0 unspecified atom stereocenters. The zero-order chi connectivity index (χ0) is 13.8. The molecule has 0 aliphatic rings. The number of rotatable bonds is 5. The number of carbonyl (C=O) groups is 1. The average molecular weight is 253 g/mol. The molecule has 0 aliphatic carbocycles. The van der Waals surface area contributed by atoms with Crippen molar-refractivity contribution in [1.29, 1.82) is 0 Å². The van der Waals surface area contributed by atoms with E-state index in [9.17, 15) is 9.90 Å². The molecular formula is C13H19NO4. The van der Waals surface area contributed by atoms with Crippen LogP contribution in [0.15, 0.2) is 18.2 Å². The number of ether oxygens (including phenoxy) is 2. The van der Waals surface area contributed by atoms with E-state index in [0.29, 0.717) is 17.9 Å². The largest absolute Gasteiger partial charge is 0.496 e. The van der Waals surface area contributed by atoms with Crippen molar-refractivity contribution in [2.75, 3.05) is 19.5 Å². The van der Waals surface area contributed by atoms with Crippen LogP contribution in [0.1, 0.15) is 30.6 Å². The van der Waals surface area contributed by atoms with Crippen molar-refractivity contribution in [1.82, 2.24) is 0 Å². The number of hydrogen-bond donors (Lipinski definition) is 2. The van der Waals surface area contributed by atoms with Gasteiger partial charge in [0.15, 0.2) is 0 Å². The summed E-state index contributed by atoms with van der Waals surface area (Å²) < 4.78 is 10.1. The van der Waals surface area contributed by atoms with Crippen LogP contribution in [-0.2, 0) is 4.74 Å². The smallest absolute Gasteiger partial charge is 0.341 e. The molecule has 0 spiro atoms. The van der Waals surface area contributed by atoms with Gasteiger partial charge in [0, 0.05) is 12.1 Å². The Bertz CT molecular complexity index is 423. The van der Waals surface area contributed by atoms with Gasteiger partial charge in [0.25, 0.3) is 0 Å². The molecule has 0 fully saturated rings. The molecule has 5 nitrogen and oxygen atoms in total. The lowest BCUT2D eigenvalue weighted by atomic mass is 10.1. The highest BCUT2D eigenvalue weighted by atomic mass is 16.5. The van der Waals surface area contributed by atoms with Crippen molar-refractivity contribution in [2.24, 2.45) is 0 Å². The Morgan fingerprint density at radius 1 is 1.44 bits per heavy atom. The van der Waals surface area contributed by atoms with Gasteiger partial charge in [-0.2, -0.15) is 0 Å². The minimum absolute atomic E-state index is 0.139. The molecule has 0 atom stereocenters. The van der Waals surface area contributed by atoms with E-state index in [0.717, 1.165) is 0 Å². The molecule has 18 heavy (non-hydrogen) atoms. The maximum absolute atomic E-state index is 11.8. The third kappa shape index (κ3) is 4.25. The molecule has 0 bridgehead atoms. The van der Waals surface area contributed by atoms with Gasteiger partial charge in [-0.1, -0.05) is 0 Å². The van der Waals surface area contributed by atoms with Gasteiger partial charge < -0.3 is 20.3 Å². The zero-order valence-electron chi connectivity index (χ0n) is 10.9. The van der Waals surface area contributed by atoms with Crippen LogP contribution >= 0.6 is 0 Å². The Morgan fingerprint density at radius 2 is 2.11 bits per heavy atom. The van der Waals surface area contributed by atoms with Crippen LogP contribution < -0.4 is 10.5 Å². The molecule has 1 aromatic carbocycles. The summed E-state index contributed by atoms with van der Waals surface area (Å²) in [6, 6.07) is 4.76. The maximum Gasteiger partial charge on any atom is 0.341 e. The first-order valence-electron chi connectivity index (χ1n) is 5.66. The number of esters is 1. The lowest BCUT2D eigenvalue weighted by molar-refractivity contribution is 0.0242. The van der Waals surface area contributed by atoms with Gasteiger partial charge in [0.2, 0.25) is 0 Å². The molecule has 0 amide bonds. The molecule has 0 saturated carbocycles. The van der Waals surface area contributed by atoms with Crippen LogP contribution in [0.2, 0.25) is 0 Å². The highest BCUT2D eigenvalue weighted by Gasteiger charge is 2.17. The van der Waals surface area contributed by atoms with E-state index in [1.54, 1.807) is 26.0 Å². The predicted molar refractivity (Wildman–Crippen MR) is 68.6 cm³/mol. The second-order valence-electron chi connectivity index (χ2n) is 4.66. The summed E-state index contributed by atoms with van der Waals surface area (Å²) in [5.41, 5.74) is 5.50. The van der Waals surface area contributed by atoms with E-state index >= 15 is 0 Å². The third-order valence-electron chi connectivity index (χ3n) is 2.39. The summed E-state index contributed by atoms with van der Waals surface area (Å²) in [7, 11) is 1.47. The quantitative estimate of drug-likeness (QED) is 0.615. The molecule has 1 aromatic rings. The Kier molecular flexibility index (Phi) is 4.55. The number of methoxy groups -OCH3 is 1. The third-order valence-corrected chi connectivity index (χ3v) is 2.39. The Labute approximate surface area is 107 Å². The van der Waals surface area contributed by atoms with Crippen molar-refractivity contribution >= 4 is 11.7 Å². The second kappa shape index (κ2) is 5.73. The standard InChI is InChI=1S/C13H19NO4/c1-13(2,16)6-7-18-12(15)10-8-9(14)4-5-11(10)17-3/h4-5,8,16H,6-7,14H2,1-3H3. The van der Waals surface area contributed by atoms with Crippen LogP contribution in [0, 0.1) is 0 Å². The first kappa shape index (κ1) is 14.3. The van der Waals surface area contributed by atoms with Crippen LogP contribution in [-0.4, -0.2) is 30.4 Å². The van der Waals surface area contributed by atoms with E-state index in [-0.39, 0.29) is 12.2 Å². The van der Waals surface area contributed by atoms with Gasteiger partial charge in [-0.25, -0.2) is 4.79 Å². The van der Waals surface area contributed by atoms with E-state index in [1.165, 1.54) is 13.2 Å². The highest BCUT2D eigenvalue weighted by molar-refractivity contribution is 5.93. The average Bonchev–Trinajstić information content (AvgIpc) is 2.27. The molecule has 1 rings (SSSR count). The summed E-state index contributed by atoms with van der Waals surface area (Å²) in [5, 5.41) is 9.51. The molecular weight excluding hydrogens is 234 g/mol. The Balaban J connectivity index is 2.69. The molecule has 0 aliphatic heterocycles. The van der Waals surface area contributed by atoms with Gasteiger partial charge in [-0.15, -0.1) is 0 Å². The van der Waals surface area contributed by atoms with E-state index in [1.807, 2.05) is 0 Å². The monoisotopic (exact) mass is 253 g/mol. The van der Waals surface area contributed by atoms with Crippen molar-refractivity contribution in [3.8, 4) is 5.75 Å². The second-order valence-corrected chi connectivity index (χ2v) is 4.66. The lowest BCUT2D eigenvalue weighted by Gasteiger charge is -2.16. The first-order chi connectivity index (χ1) is 8.33. The molecule has 100 valence electrons. The minimum Gasteiger partial charge on any atom is -0.496 e. The lowest BCUT2D eigenvalue weighted by Crippen LogP contribution is -2.22. The van der Waals surface area contributed by atoms with Crippen LogP contribution in [0.3, 0.4) is 0 Å². The minimum atomic E-state index is -0.861. The SMILES string of the molecule is COc1ccc(N)cc1C(=O)OCCC(C)(C)O. The molecule has 0 saturated heterocycles. The molecule has 5 heteroatoms. The summed E-state index contributed by atoms with van der Waals surface area (Å²) in [6.07, 6.45) is 0.364. The molecule has 3 N–H and O–H groups in total. The van der Waals surface area contributed by atoms with Crippen molar-refractivity contribution in [3.63, 3.8) is 0 Å². The maximum atomic E-state index is 11.8. The van der Waals surface area contributed by atoms with Crippen molar-refractivity contribution in [2.45, 2.75) is 25.9 Å². The van der Waals surface area contributed by atoms with Gasteiger partial charge in [0.05, 0.1) is 19.3 Å². The zero-order valence-corrected chi connectivity index (χ0v) is 10.9. The van der Waals surface area contributed by atoms with Gasteiger partial charge in [0.1, 0.15) is 11.3 Å². The Morgan fingerprint density at radius 3 is 2.67 bits per heavy atom. The number of aliphatic hydroxyl groups is 1. The number of anilines is 1. The van der Waals surface area contributed by atoms with E-state index in [2.05, 4.69) is 0 Å². The number of carbonyl (C=O) groups excluding carboxylic acids is 1. The van der Waals surface area contributed by atoms with Crippen LogP contribution in [0.4, 0.5) is 5.69 Å². The highest BCUT2D eigenvalue weighted by Crippen LogP contribution is 2.22. The predicted octanol–water partition coefficient (Wildman–Crippen LogP) is 1.60. The summed E-state index contributed by atoms with van der Waals surface area (Å²) >= 11 is 0. The number of nitrogens with two attached hydrogens (primary N) is 1. The topological polar surface area (TPSA) is 81.8 Å². The normalized spacial score (nSPS) is 11.1. The molecule has 0 aromatic heterocycles. The fraction of sp³-hybridized carbons (Fsp3) is 0.462. The fourth-order valence-corrected chi connectivity index (χ4v) is 1.36. The van der Waals surface area contributed by atoms with Crippen molar-refractivity contribution in [3.05, 3.63) is 23.8 Å². The van der Waals surface area contributed by atoms with E-state index < -0.39 is 11.6 Å². The van der Waals surface area contributed by atoms with Crippen LogP contribution in [0.25, 0.3) is 0 Å². The summed E-state index contributed by atoms with van der Waals surface area (Å²) in [6.45, 7) is 3.45. The summed E-state index contributed by atoms with van der Waals surface area (Å²) in [4.78, 5) is 11.8. The number of hydrogen-bond acceptors (Lipinski definition) is 5. The van der Waals surface area contributed by atoms with Gasteiger partial charge >= 0.3 is 5.97 Å². The first-order valence-corrected chi connectivity index (χ1v) is 5.66. The van der Waals surface area contributed by atoms with Gasteiger partial charge in [-0.3, -0.25) is 0 Å². The van der Waals surface area contributed by atoms with Crippen LogP contribution in [0.5, 0.6) is 5.75 Å².